The van der Waals surface area contributed by atoms with E-state index in [1.54, 1.807) is 31.2 Å². The van der Waals surface area contributed by atoms with Crippen LogP contribution in [0.1, 0.15) is 12.5 Å². The van der Waals surface area contributed by atoms with Crippen LogP contribution in [0.5, 0.6) is 5.75 Å². The van der Waals surface area contributed by atoms with Crippen LogP contribution in [0.15, 0.2) is 64.8 Å². The van der Waals surface area contributed by atoms with Gasteiger partial charge < -0.3 is 9.47 Å². The Labute approximate surface area is 139 Å². The van der Waals surface area contributed by atoms with Crippen molar-refractivity contribution in [1.29, 1.82) is 0 Å². The number of nitrogens with zero attached hydrogens (tertiary/aromatic N) is 2. The molecule has 2 rings (SSSR count). The molecule has 0 N–H and O–H groups in total. The molecule has 5 nitrogen and oxygen atoms in total. The average Bonchev–Trinajstić information content (AvgIpc) is 2.60. The van der Waals surface area contributed by atoms with Crippen LogP contribution in [-0.4, -0.2) is 18.1 Å². The minimum atomic E-state index is -1.14. The van der Waals surface area contributed by atoms with Crippen LogP contribution < -0.4 is 4.74 Å². The van der Waals surface area contributed by atoms with Gasteiger partial charge in [-0.15, -0.1) is 0 Å². The zero-order chi connectivity index (χ0) is 16.5. The number of hydrogen-bond acceptors (Lipinski definition) is 5. The third-order valence-electron chi connectivity index (χ3n) is 2.84. The van der Waals surface area contributed by atoms with Crippen LogP contribution in [0.25, 0.3) is 0 Å². The molecule has 0 heterocycles. The lowest BCUT2D eigenvalue weighted by molar-refractivity contribution is -0.142. The maximum Gasteiger partial charge on any atom is 0.348 e. The summed E-state index contributed by atoms with van der Waals surface area (Å²) in [6.45, 7) is 2.45. The summed E-state index contributed by atoms with van der Waals surface area (Å²) < 4.78 is 10.4. The molecule has 0 spiro atoms. The van der Waals surface area contributed by atoms with Crippen LogP contribution >= 0.6 is 11.6 Å². The number of ether oxygens (including phenoxy) is 2. The molecule has 2 aromatic carbocycles. The highest BCUT2D eigenvalue weighted by Gasteiger charge is 2.14. The fraction of sp³-hybridized carbons (Fsp3) is 0.235. The van der Waals surface area contributed by atoms with E-state index in [4.69, 9.17) is 21.1 Å². The van der Waals surface area contributed by atoms with Crippen molar-refractivity contribution in [2.45, 2.75) is 19.0 Å². The number of alkyl halides is 1. The van der Waals surface area contributed by atoms with Gasteiger partial charge in [-0.05, 0) is 36.8 Å². The van der Waals surface area contributed by atoms with E-state index >= 15 is 0 Å². The lowest BCUT2D eigenvalue weighted by Crippen LogP contribution is -2.14. The van der Waals surface area contributed by atoms with E-state index in [0.29, 0.717) is 12.3 Å². The van der Waals surface area contributed by atoms with Crippen molar-refractivity contribution < 1.29 is 14.3 Å². The van der Waals surface area contributed by atoms with E-state index in [-0.39, 0.29) is 6.61 Å². The van der Waals surface area contributed by atoms with Crippen LogP contribution in [0.3, 0.4) is 0 Å². The largest absolute Gasteiger partial charge is 0.489 e. The third kappa shape index (κ3) is 5.71. The second kappa shape index (κ2) is 8.90. The summed E-state index contributed by atoms with van der Waals surface area (Å²) in [7, 11) is 0. The van der Waals surface area contributed by atoms with E-state index in [1.807, 2.05) is 30.3 Å². The first-order chi connectivity index (χ1) is 11.2. The van der Waals surface area contributed by atoms with Crippen molar-refractivity contribution in [3.8, 4) is 5.75 Å². The average molecular weight is 333 g/mol. The number of esters is 1. The first-order valence-corrected chi connectivity index (χ1v) is 7.61. The van der Waals surface area contributed by atoms with Gasteiger partial charge in [-0.1, -0.05) is 41.9 Å². The quantitative estimate of drug-likeness (QED) is 0.325. The minimum absolute atomic E-state index is 0.255. The van der Waals surface area contributed by atoms with Gasteiger partial charge in [-0.3, -0.25) is 0 Å². The molecule has 1 atom stereocenters. The normalized spacial score (nSPS) is 12.1. The highest BCUT2D eigenvalue weighted by molar-refractivity contribution is 6.29. The standard InChI is InChI=1S/C17H17ClN2O3/c1-2-22-17(21)16(18)20-19-14-8-10-15(11-9-14)23-12-13-6-4-3-5-7-13/h3-11,16H,2,12H2,1H3. The van der Waals surface area contributed by atoms with Crippen molar-refractivity contribution >= 4 is 23.3 Å². The van der Waals surface area contributed by atoms with Crippen LogP contribution in [0.2, 0.25) is 0 Å². The maximum absolute atomic E-state index is 11.3. The third-order valence-corrected chi connectivity index (χ3v) is 3.11. The highest BCUT2D eigenvalue weighted by Crippen LogP contribution is 2.20. The molecule has 6 heteroatoms. The molecular formula is C17H17ClN2O3. The zero-order valence-electron chi connectivity index (χ0n) is 12.7. The molecule has 0 bridgehead atoms. The molecule has 1 unspecified atom stereocenters. The lowest BCUT2D eigenvalue weighted by Gasteiger charge is -2.06. The Kier molecular flexibility index (Phi) is 6.56. The SMILES string of the molecule is CCOC(=O)C(Cl)N=Nc1ccc(OCc2ccccc2)cc1. The highest BCUT2D eigenvalue weighted by atomic mass is 35.5. The van der Waals surface area contributed by atoms with E-state index in [1.165, 1.54) is 0 Å². The maximum atomic E-state index is 11.3. The van der Waals surface area contributed by atoms with Crippen molar-refractivity contribution in [3.63, 3.8) is 0 Å². The van der Waals surface area contributed by atoms with E-state index < -0.39 is 11.5 Å². The van der Waals surface area contributed by atoms with Crippen molar-refractivity contribution in [2.75, 3.05) is 6.61 Å². The molecule has 0 fully saturated rings. The molecule has 0 aliphatic rings. The Balaban J connectivity index is 1.88. The summed E-state index contributed by atoms with van der Waals surface area (Å²) in [5.74, 6) is 0.112. The smallest absolute Gasteiger partial charge is 0.348 e. The molecule has 0 aromatic heterocycles. The van der Waals surface area contributed by atoms with Crippen LogP contribution in [0.4, 0.5) is 5.69 Å². The fourth-order valence-electron chi connectivity index (χ4n) is 1.73. The number of halogens is 1. The van der Waals surface area contributed by atoms with Gasteiger partial charge in [0.15, 0.2) is 0 Å². The lowest BCUT2D eigenvalue weighted by atomic mass is 10.2. The van der Waals surface area contributed by atoms with E-state index in [9.17, 15) is 4.79 Å². The fourth-order valence-corrected chi connectivity index (χ4v) is 1.83. The molecule has 0 aliphatic heterocycles. The number of benzene rings is 2. The molecule has 0 saturated heterocycles. The first kappa shape index (κ1) is 17.0. The monoisotopic (exact) mass is 332 g/mol. The van der Waals surface area contributed by atoms with Gasteiger partial charge in [-0.2, -0.15) is 10.2 Å². The Morgan fingerprint density at radius 2 is 1.83 bits per heavy atom. The Morgan fingerprint density at radius 3 is 2.48 bits per heavy atom. The summed E-state index contributed by atoms with van der Waals surface area (Å²) in [5.41, 5.74) is 0.534. The number of carbonyl (C=O) groups excluding carboxylic acids is 1. The molecule has 2 aromatic rings. The van der Waals surface area contributed by atoms with Gasteiger partial charge in [0.1, 0.15) is 12.4 Å². The predicted molar refractivity (Wildman–Crippen MR) is 88.0 cm³/mol. The summed E-state index contributed by atoms with van der Waals surface area (Å²) in [4.78, 5) is 11.3. The number of carbonyl (C=O) groups is 1. The first-order valence-electron chi connectivity index (χ1n) is 7.17. The van der Waals surface area contributed by atoms with Gasteiger partial charge in [0.2, 0.25) is 5.50 Å². The second-order valence-electron chi connectivity index (χ2n) is 4.57. The Morgan fingerprint density at radius 1 is 1.13 bits per heavy atom. The topological polar surface area (TPSA) is 60.2 Å². The van der Waals surface area contributed by atoms with Crippen molar-refractivity contribution in [3.05, 3.63) is 60.2 Å². The van der Waals surface area contributed by atoms with Crippen molar-refractivity contribution in [2.24, 2.45) is 10.2 Å². The Bertz CT molecular complexity index is 645. The van der Waals surface area contributed by atoms with Gasteiger partial charge in [0.05, 0.1) is 12.3 Å². The second-order valence-corrected chi connectivity index (χ2v) is 4.98. The van der Waals surface area contributed by atoms with Crippen molar-refractivity contribution in [1.82, 2.24) is 0 Å². The molecule has 0 aliphatic carbocycles. The number of rotatable bonds is 7. The molecule has 0 saturated carbocycles. The van der Waals surface area contributed by atoms with Crippen LogP contribution in [0, 0.1) is 0 Å². The number of hydrogen-bond donors (Lipinski definition) is 0. The minimum Gasteiger partial charge on any atom is -0.489 e. The summed E-state index contributed by atoms with van der Waals surface area (Å²) in [6, 6.07) is 16.9. The van der Waals surface area contributed by atoms with Gasteiger partial charge in [0, 0.05) is 0 Å². The van der Waals surface area contributed by atoms with Crippen LogP contribution in [-0.2, 0) is 16.1 Å². The molecule has 23 heavy (non-hydrogen) atoms. The molecular weight excluding hydrogens is 316 g/mol. The Hall–Kier alpha value is -2.40. The van der Waals surface area contributed by atoms with Gasteiger partial charge in [0.25, 0.3) is 0 Å². The molecule has 120 valence electrons. The predicted octanol–water partition coefficient (Wildman–Crippen LogP) is 4.48. The molecule has 0 amide bonds. The number of azo groups is 1. The summed E-state index contributed by atoms with van der Waals surface area (Å²) >= 11 is 5.75. The van der Waals surface area contributed by atoms with E-state index in [0.717, 1.165) is 11.3 Å². The van der Waals surface area contributed by atoms with E-state index in [2.05, 4.69) is 10.2 Å². The molecule has 0 radical (unpaired) electrons. The van der Waals surface area contributed by atoms with Gasteiger partial charge >= 0.3 is 5.97 Å². The zero-order valence-corrected chi connectivity index (χ0v) is 13.4. The summed E-state index contributed by atoms with van der Waals surface area (Å²) in [6.07, 6.45) is 0. The summed E-state index contributed by atoms with van der Waals surface area (Å²) in [5, 5.41) is 7.62. The van der Waals surface area contributed by atoms with Gasteiger partial charge in [-0.25, -0.2) is 4.79 Å².